The molecule has 4 heteroatoms. The molecule has 108 valence electrons. The highest BCUT2D eigenvalue weighted by molar-refractivity contribution is 5.94. The number of carbonyl (C=O) groups is 1. The molecule has 1 aromatic rings. The fraction of sp³-hybridized carbons (Fsp3) is 0.562. The molecule has 2 heterocycles. The zero-order valence-electron chi connectivity index (χ0n) is 12.0. The molecule has 2 aliphatic rings. The molecule has 2 unspecified atom stereocenters. The number of piperidine rings is 1. The predicted molar refractivity (Wildman–Crippen MR) is 76.2 cm³/mol. The highest BCUT2D eigenvalue weighted by atomic mass is 19.1. The standard InChI is InChI=1S/C16H21FN2O/c1-10-7-11(3-6-15(10)17)16(20)19(2)14-8-12-4-5-13(9-14)18-12/h3,6-7,12-14,18H,4-5,8-9H2,1-2H3. The van der Waals surface area contributed by atoms with Crippen LogP contribution in [0.15, 0.2) is 18.2 Å². The second kappa shape index (κ2) is 5.17. The molecule has 3 rings (SSSR count). The number of halogens is 1. The summed E-state index contributed by atoms with van der Waals surface area (Å²) in [5.41, 5.74) is 1.10. The molecule has 2 saturated heterocycles. The molecule has 1 amide bonds. The van der Waals surface area contributed by atoms with Crippen LogP contribution in [-0.2, 0) is 0 Å². The highest BCUT2D eigenvalue weighted by Gasteiger charge is 2.36. The number of nitrogens with one attached hydrogen (secondary N) is 1. The van der Waals surface area contributed by atoms with E-state index in [0.29, 0.717) is 29.3 Å². The van der Waals surface area contributed by atoms with E-state index in [1.807, 2.05) is 11.9 Å². The van der Waals surface area contributed by atoms with Crippen LogP contribution in [0, 0.1) is 12.7 Å². The molecule has 2 fully saturated rings. The summed E-state index contributed by atoms with van der Waals surface area (Å²) >= 11 is 0. The van der Waals surface area contributed by atoms with Gasteiger partial charge in [-0.1, -0.05) is 0 Å². The monoisotopic (exact) mass is 276 g/mol. The predicted octanol–water partition coefficient (Wildman–Crippen LogP) is 2.49. The van der Waals surface area contributed by atoms with Gasteiger partial charge in [-0.25, -0.2) is 4.39 Å². The molecular weight excluding hydrogens is 255 g/mol. The molecular formula is C16H21FN2O. The topological polar surface area (TPSA) is 32.3 Å². The van der Waals surface area contributed by atoms with E-state index in [4.69, 9.17) is 0 Å². The minimum Gasteiger partial charge on any atom is -0.339 e. The van der Waals surface area contributed by atoms with Crippen molar-refractivity contribution in [1.82, 2.24) is 10.2 Å². The lowest BCUT2D eigenvalue weighted by molar-refractivity contribution is 0.0681. The van der Waals surface area contributed by atoms with Crippen molar-refractivity contribution in [1.29, 1.82) is 0 Å². The minimum atomic E-state index is -0.260. The largest absolute Gasteiger partial charge is 0.339 e. The first kappa shape index (κ1) is 13.6. The van der Waals surface area contributed by atoms with E-state index in [-0.39, 0.29) is 11.7 Å². The van der Waals surface area contributed by atoms with E-state index in [1.165, 1.54) is 18.9 Å². The number of rotatable bonds is 2. The molecule has 1 N–H and O–H groups in total. The number of benzene rings is 1. The summed E-state index contributed by atoms with van der Waals surface area (Å²) in [6.07, 6.45) is 4.50. The summed E-state index contributed by atoms with van der Waals surface area (Å²) in [5, 5.41) is 3.58. The maximum atomic E-state index is 13.3. The van der Waals surface area contributed by atoms with Crippen LogP contribution < -0.4 is 5.32 Å². The van der Waals surface area contributed by atoms with Crippen LogP contribution in [0.25, 0.3) is 0 Å². The van der Waals surface area contributed by atoms with E-state index < -0.39 is 0 Å². The van der Waals surface area contributed by atoms with Crippen molar-refractivity contribution in [2.45, 2.75) is 50.7 Å². The molecule has 0 spiro atoms. The molecule has 3 nitrogen and oxygen atoms in total. The van der Waals surface area contributed by atoms with Crippen molar-refractivity contribution in [3.05, 3.63) is 35.1 Å². The van der Waals surface area contributed by atoms with Gasteiger partial charge in [-0.05, 0) is 56.4 Å². The molecule has 2 bridgehead atoms. The van der Waals surface area contributed by atoms with Gasteiger partial charge in [0.15, 0.2) is 0 Å². The van der Waals surface area contributed by atoms with Gasteiger partial charge in [-0.15, -0.1) is 0 Å². The lowest BCUT2D eigenvalue weighted by Gasteiger charge is -2.35. The summed E-state index contributed by atoms with van der Waals surface area (Å²) in [5.74, 6) is -0.261. The van der Waals surface area contributed by atoms with Gasteiger partial charge in [0.2, 0.25) is 0 Å². The molecule has 2 aliphatic heterocycles. The van der Waals surface area contributed by atoms with Gasteiger partial charge in [0.05, 0.1) is 0 Å². The third-order valence-electron chi connectivity index (χ3n) is 4.72. The number of hydrogen-bond donors (Lipinski definition) is 1. The van der Waals surface area contributed by atoms with Gasteiger partial charge in [-0.3, -0.25) is 4.79 Å². The highest BCUT2D eigenvalue weighted by Crippen LogP contribution is 2.29. The van der Waals surface area contributed by atoms with E-state index in [9.17, 15) is 9.18 Å². The summed E-state index contributed by atoms with van der Waals surface area (Å²) in [7, 11) is 1.87. The second-order valence-electron chi connectivity index (χ2n) is 6.14. The lowest BCUT2D eigenvalue weighted by Crippen LogP contribution is -2.48. The number of carbonyl (C=O) groups excluding carboxylic acids is 1. The van der Waals surface area contributed by atoms with Crippen molar-refractivity contribution < 1.29 is 9.18 Å². The molecule has 0 radical (unpaired) electrons. The fourth-order valence-electron chi connectivity index (χ4n) is 3.49. The zero-order chi connectivity index (χ0) is 14.3. The first-order valence-corrected chi connectivity index (χ1v) is 7.34. The summed E-state index contributed by atoms with van der Waals surface area (Å²) in [4.78, 5) is 14.4. The van der Waals surface area contributed by atoms with Crippen LogP contribution in [0.5, 0.6) is 0 Å². The molecule has 1 aromatic carbocycles. The second-order valence-corrected chi connectivity index (χ2v) is 6.14. The van der Waals surface area contributed by atoms with Crippen LogP contribution >= 0.6 is 0 Å². The van der Waals surface area contributed by atoms with Gasteiger partial charge >= 0.3 is 0 Å². The molecule has 2 atom stereocenters. The summed E-state index contributed by atoms with van der Waals surface area (Å²) < 4.78 is 13.3. The average Bonchev–Trinajstić information content (AvgIpc) is 2.79. The maximum absolute atomic E-state index is 13.3. The Hall–Kier alpha value is -1.42. The first-order valence-electron chi connectivity index (χ1n) is 7.34. The van der Waals surface area contributed by atoms with Crippen LogP contribution in [0.2, 0.25) is 0 Å². The molecule has 0 saturated carbocycles. The normalized spacial score (nSPS) is 28.4. The van der Waals surface area contributed by atoms with Gasteiger partial charge in [0.25, 0.3) is 5.91 Å². The molecule has 20 heavy (non-hydrogen) atoms. The summed E-state index contributed by atoms with van der Waals surface area (Å²) in [6.45, 7) is 1.69. The van der Waals surface area contributed by atoms with Crippen molar-refractivity contribution in [3.8, 4) is 0 Å². The maximum Gasteiger partial charge on any atom is 0.253 e. The van der Waals surface area contributed by atoms with Crippen LogP contribution in [0.3, 0.4) is 0 Å². The van der Waals surface area contributed by atoms with Crippen molar-refractivity contribution in [3.63, 3.8) is 0 Å². The molecule has 0 aliphatic carbocycles. The Morgan fingerprint density at radius 2 is 1.95 bits per heavy atom. The smallest absolute Gasteiger partial charge is 0.253 e. The Kier molecular flexibility index (Phi) is 3.50. The number of aryl methyl sites for hydroxylation is 1. The fourth-order valence-corrected chi connectivity index (χ4v) is 3.49. The van der Waals surface area contributed by atoms with Gasteiger partial charge < -0.3 is 10.2 Å². The van der Waals surface area contributed by atoms with Crippen molar-refractivity contribution in [2.75, 3.05) is 7.05 Å². The SMILES string of the molecule is Cc1cc(C(=O)N(C)C2CC3CCC(C2)N3)ccc1F. The Morgan fingerprint density at radius 1 is 1.30 bits per heavy atom. The number of fused-ring (bicyclic) bond motifs is 2. The Labute approximate surface area is 119 Å². The van der Waals surface area contributed by atoms with Crippen LogP contribution in [0.4, 0.5) is 4.39 Å². The lowest BCUT2D eigenvalue weighted by atomic mass is 9.97. The third kappa shape index (κ3) is 2.44. The Bertz CT molecular complexity index is 519. The van der Waals surface area contributed by atoms with E-state index in [0.717, 1.165) is 12.8 Å². The van der Waals surface area contributed by atoms with Gasteiger partial charge in [-0.2, -0.15) is 0 Å². The Morgan fingerprint density at radius 3 is 2.55 bits per heavy atom. The average molecular weight is 276 g/mol. The molecule has 0 aromatic heterocycles. The zero-order valence-corrected chi connectivity index (χ0v) is 12.0. The van der Waals surface area contributed by atoms with E-state index in [2.05, 4.69) is 5.32 Å². The quantitative estimate of drug-likeness (QED) is 0.900. The van der Waals surface area contributed by atoms with Crippen molar-refractivity contribution >= 4 is 5.91 Å². The number of nitrogens with zero attached hydrogens (tertiary/aromatic N) is 1. The van der Waals surface area contributed by atoms with Crippen LogP contribution in [-0.4, -0.2) is 36.0 Å². The van der Waals surface area contributed by atoms with Crippen LogP contribution in [0.1, 0.15) is 41.6 Å². The van der Waals surface area contributed by atoms with Crippen molar-refractivity contribution in [2.24, 2.45) is 0 Å². The number of amides is 1. The van der Waals surface area contributed by atoms with Gasteiger partial charge in [0, 0.05) is 30.7 Å². The summed E-state index contributed by atoms with van der Waals surface area (Å²) in [6, 6.07) is 6.02. The van der Waals surface area contributed by atoms with E-state index in [1.54, 1.807) is 19.1 Å². The third-order valence-corrected chi connectivity index (χ3v) is 4.72. The first-order chi connectivity index (χ1) is 9.54. The van der Waals surface area contributed by atoms with E-state index >= 15 is 0 Å². The number of hydrogen-bond acceptors (Lipinski definition) is 2. The minimum absolute atomic E-state index is 0.000556. The Balaban J connectivity index is 1.74. The van der Waals surface area contributed by atoms with Gasteiger partial charge in [0.1, 0.15) is 5.82 Å².